The van der Waals surface area contributed by atoms with Gasteiger partial charge in [0.1, 0.15) is 6.29 Å². The molecule has 0 bridgehead atoms. The summed E-state index contributed by atoms with van der Waals surface area (Å²) in [5.74, 6) is -1.77. The van der Waals surface area contributed by atoms with Gasteiger partial charge in [-0.25, -0.2) is 8.78 Å². The molecule has 1 aromatic carbocycles. The normalized spacial score (nSPS) is 10.7. The van der Waals surface area contributed by atoms with Crippen molar-refractivity contribution in [1.82, 2.24) is 4.57 Å². The lowest BCUT2D eigenvalue weighted by Gasteiger charge is -1.99. The molecule has 2 nitrogen and oxygen atoms in total. The molecule has 0 aliphatic heterocycles. The highest BCUT2D eigenvalue weighted by atomic mass is 19.2. The van der Waals surface area contributed by atoms with Crippen molar-refractivity contribution in [3.8, 4) is 0 Å². The first-order valence-corrected chi connectivity index (χ1v) is 4.10. The highest BCUT2D eigenvalue weighted by Crippen LogP contribution is 2.19. The largest absolute Gasteiger partial charge is 0.340 e. The predicted molar refractivity (Wildman–Crippen MR) is 47.9 cm³/mol. The quantitative estimate of drug-likeness (QED) is 0.673. The van der Waals surface area contributed by atoms with Gasteiger partial charge in [-0.1, -0.05) is 0 Å². The molecule has 0 aliphatic rings. The summed E-state index contributed by atoms with van der Waals surface area (Å²) in [4.78, 5) is 10.3. The lowest BCUT2D eigenvalue weighted by atomic mass is 10.2. The molecule has 0 spiro atoms. The van der Waals surface area contributed by atoms with Crippen LogP contribution in [0.2, 0.25) is 0 Å². The van der Waals surface area contributed by atoms with Gasteiger partial charge in [-0.15, -0.1) is 0 Å². The number of halogens is 2. The summed E-state index contributed by atoms with van der Waals surface area (Å²) in [6.07, 6.45) is 2.33. The monoisotopic (exact) mass is 195 g/mol. The topological polar surface area (TPSA) is 22.0 Å². The molecule has 0 saturated heterocycles. The SMILES string of the molecule is O=CCn1ccc2cc(F)c(F)cc21. The summed E-state index contributed by atoms with van der Waals surface area (Å²) in [5, 5.41) is 0.589. The van der Waals surface area contributed by atoms with Crippen LogP contribution >= 0.6 is 0 Å². The summed E-state index contributed by atoms with van der Waals surface area (Å²) < 4.78 is 27.2. The third-order valence-corrected chi connectivity index (χ3v) is 2.08. The van der Waals surface area contributed by atoms with E-state index in [1.165, 1.54) is 0 Å². The van der Waals surface area contributed by atoms with E-state index in [1.807, 2.05) is 0 Å². The van der Waals surface area contributed by atoms with Crippen molar-refractivity contribution in [2.45, 2.75) is 6.54 Å². The molecule has 4 heteroatoms. The van der Waals surface area contributed by atoms with Crippen molar-refractivity contribution in [2.24, 2.45) is 0 Å². The van der Waals surface area contributed by atoms with Crippen LogP contribution in [0, 0.1) is 11.6 Å². The van der Waals surface area contributed by atoms with Crippen LogP contribution < -0.4 is 0 Å². The van der Waals surface area contributed by atoms with Crippen LogP contribution in [0.15, 0.2) is 24.4 Å². The second-order valence-electron chi connectivity index (χ2n) is 2.96. The van der Waals surface area contributed by atoms with Gasteiger partial charge in [0.05, 0.1) is 12.1 Å². The van der Waals surface area contributed by atoms with E-state index in [-0.39, 0.29) is 6.54 Å². The highest BCUT2D eigenvalue weighted by molar-refractivity contribution is 5.81. The van der Waals surface area contributed by atoms with E-state index < -0.39 is 11.6 Å². The minimum Gasteiger partial charge on any atom is -0.340 e. The fourth-order valence-corrected chi connectivity index (χ4v) is 1.42. The molecule has 2 rings (SSSR count). The van der Waals surface area contributed by atoms with Gasteiger partial charge in [0, 0.05) is 17.6 Å². The molecule has 1 aromatic heterocycles. The molecular weight excluding hydrogens is 188 g/mol. The Morgan fingerprint density at radius 3 is 2.71 bits per heavy atom. The first-order chi connectivity index (χ1) is 6.72. The molecule has 0 radical (unpaired) electrons. The van der Waals surface area contributed by atoms with Gasteiger partial charge >= 0.3 is 0 Å². The number of benzene rings is 1. The number of hydrogen-bond acceptors (Lipinski definition) is 1. The Bertz CT molecular complexity index is 490. The Kier molecular flexibility index (Phi) is 2.04. The number of fused-ring (bicyclic) bond motifs is 1. The average molecular weight is 195 g/mol. The first kappa shape index (κ1) is 8.87. The fourth-order valence-electron chi connectivity index (χ4n) is 1.42. The summed E-state index contributed by atoms with van der Waals surface area (Å²) >= 11 is 0. The third kappa shape index (κ3) is 1.28. The Hall–Kier alpha value is -1.71. The minimum absolute atomic E-state index is 0.147. The van der Waals surface area contributed by atoms with Crippen LogP contribution in [0.5, 0.6) is 0 Å². The van der Waals surface area contributed by atoms with E-state index in [0.717, 1.165) is 12.1 Å². The van der Waals surface area contributed by atoms with E-state index in [4.69, 9.17) is 0 Å². The minimum atomic E-state index is -0.900. The molecule has 0 aliphatic carbocycles. The van der Waals surface area contributed by atoms with Crippen LogP contribution in [-0.4, -0.2) is 10.9 Å². The Morgan fingerprint density at radius 2 is 2.00 bits per heavy atom. The summed E-state index contributed by atoms with van der Waals surface area (Å²) in [7, 11) is 0. The van der Waals surface area contributed by atoms with Gasteiger partial charge in [-0.05, 0) is 12.1 Å². The Morgan fingerprint density at radius 1 is 1.29 bits per heavy atom. The van der Waals surface area contributed by atoms with Crippen LogP contribution in [0.25, 0.3) is 10.9 Å². The molecule has 0 amide bonds. The molecule has 2 aromatic rings. The smallest absolute Gasteiger partial charge is 0.160 e. The summed E-state index contributed by atoms with van der Waals surface area (Å²) in [6.45, 7) is 0.147. The van der Waals surface area contributed by atoms with Crippen molar-refractivity contribution in [1.29, 1.82) is 0 Å². The van der Waals surface area contributed by atoms with E-state index >= 15 is 0 Å². The maximum Gasteiger partial charge on any atom is 0.160 e. The molecule has 0 N–H and O–H groups in total. The van der Waals surface area contributed by atoms with Gasteiger partial charge in [0.25, 0.3) is 0 Å². The van der Waals surface area contributed by atoms with Gasteiger partial charge < -0.3 is 9.36 Å². The number of aldehydes is 1. The van der Waals surface area contributed by atoms with E-state index in [0.29, 0.717) is 17.2 Å². The maximum atomic E-state index is 12.9. The number of rotatable bonds is 2. The highest BCUT2D eigenvalue weighted by Gasteiger charge is 2.06. The van der Waals surface area contributed by atoms with Crippen molar-refractivity contribution in [2.75, 3.05) is 0 Å². The van der Waals surface area contributed by atoms with Crippen LogP contribution in [0.3, 0.4) is 0 Å². The lowest BCUT2D eigenvalue weighted by molar-refractivity contribution is -0.108. The summed E-state index contributed by atoms with van der Waals surface area (Å²) in [6, 6.07) is 3.85. The molecular formula is C10H7F2NO. The van der Waals surface area contributed by atoms with Gasteiger partial charge in [0.15, 0.2) is 11.6 Å². The zero-order chi connectivity index (χ0) is 10.1. The molecule has 0 unspecified atom stereocenters. The zero-order valence-corrected chi connectivity index (χ0v) is 7.21. The van der Waals surface area contributed by atoms with Crippen LogP contribution in [-0.2, 0) is 11.3 Å². The first-order valence-electron chi connectivity index (χ1n) is 4.10. The second kappa shape index (κ2) is 3.21. The number of carbonyl (C=O) groups excluding carboxylic acids is 1. The van der Waals surface area contributed by atoms with Crippen molar-refractivity contribution < 1.29 is 13.6 Å². The number of carbonyl (C=O) groups is 1. The average Bonchev–Trinajstić information content (AvgIpc) is 2.51. The number of hydrogen-bond donors (Lipinski definition) is 0. The Labute approximate surface area is 78.8 Å². The van der Waals surface area contributed by atoms with Crippen LogP contribution in [0.1, 0.15) is 0 Å². The van der Waals surface area contributed by atoms with Crippen molar-refractivity contribution >= 4 is 17.2 Å². The van der Waals surface area contributed by atoms with E-state index in [9.17, 15) is 13.6 Å². The Balaban J connectivity index is 2.67. The zero-order valence-electron chi connectivity index (χ0n) is 7.21. The van der Waals surface area contributed by atoms with Gasteiger partial charge in [-0.3, -0.25) is 0 Å². The predicted octanol–water partition coefficient (Wildman–Crippen LogP) is 2.12. The van der Waals surface area contributed by atoms with Gasteiger partial charge in [0.2, 0.25) is 0 Å². The summed E-state index contributed by atoms with van der Waals surface area (Å²) in [5.41, 5.74) is 0.524. The number of aromatic nitrogens is 1. The standard InChI is InChI=1S/C10H7F2NO/c11-8-5-7-1-2-13(3-4-14)10(7)6-9(8)12/h1-2,4-6H,3H2. The molecule has 72 valence electrons. The van der Waals surface area contributed by atoms with Gasteiger partial charge in [-0.2, -0.15) is 0 Å². The van der Waals surface area contributed by atoms with Crippen LogP contribution in [0.4, 0.5) is 8.78 Å². The maximum absolute atomic E-state index is 12.9. The number of nitrogens with zero attached hydrogens (tertiary/aromatic N) is 1. The molecule has 0 atom stereocenters. The van der Waals surface area contributed by atoms with E-state index in [1.54, 1.807) is 16.8 Å². The molecule has 14 heavy (non-hydrogen) atoms. The van der Waals surface area contributed by atoms with E-state index in [2.05, 4.69) is 0 Å². The molecule has 0 fully saturated rings. The molecule has 0 saturated carbocycles. The lowest BCUT2D eigenvalue weighted by Crippen LogP contribution is -1.96. The second-order valence-corrected chi connectivity index (χ2v) is 2.96. The van der Waals surface area contributed by atoms with Crippen molar-refractivity contribution in [3.63, 3.8) is 0 Å². The van der Waals surface area contributed by atoms with Crippen molar-refractivity contribution in [3.05, 3.63) is 36.0 Å². The fraction of sp³-hybridized carbons (Fsp3) is 0.100. The third-order valence-electron chi connectivity index (χ3n) is 2.08. The molecule has 1 heterocycles.